The summed E-state index contributed by atoms with van der Waals surface area (Å²) in [6, 6.07) is 5.22. The fraction of sp³-hybridized carbons (Fsp3) is 0.625. The van der Waals surface area contributed by atoms with E-state index in [1.807, 2.05) is 19.1 Å². The molecule has 0 aromatic heterocycles. The van der Waals surface area contributed by atoms with Crippen LogP contribution in [0.3, 0.4) is 0 Å². The van der Waals surface area contributed by atoms with Gasteiger partial charge < -0.3 is 0 Å². The van der Waals surface area contributed by atoms with Gasteiger partial charge in [0.1, 0.15) is 5.82 Å². The number of aryl methyl sites for hydroxylation is 1. The van der Waals surface area contributed by atoms with Crippen LogP contribution in [0, 0.1) is 24.6 Å². The summed E-state index contributed by atoms with van der Waals surface area (Å²) in [5, 5.41) is 0. The second-order valence-corrected chi connectivity index (χ2v) is 5.87. The van der Waals surface area contributed by atoms with Crippen LogP contribution < -0.4 is 11.3 Å². The molecule has 0 aliphatic heterocycles. The molecule has 3 atom stereocenters. The van der Waals surface area contributed by atoms with Crippen molar-refractivity contribution >= 4 is 0 Å². The monoisotopic (exact) mass is 264 g/mol. The molecular weight excluding hydrogens is 239 g/mol. The fourth-order valence-corrected chi connectivity index (χ4v) is 3.39. The average Bonchev–Trinajstić information content (AvgIpc) is 2.44. The first kappa shape index (κ1) is 14.5. The van der Waals surface area contributed by atoms with E-state index in [0.29, 0.717) is 5.92 Å². The second kappa shape index (κ2) is 6.49. The van der Waals surface area contributed by atoms with Crippen LogP contribution in [0.15, 0.2) is 18.2 Å². The molecule has 0 radical (unpaired) electrons. The number of nitrogens with two attached hydrogens (primary N) is 1. The first-order valence-corrected chi connectivity index (χ1v) is 7.37. The molecule has 0 spiro atoms. The smallest absolute Gasteiger partial charge is 0.128 e. The highest BCUT2D eigenvalue weighted by molar-refractivity contribution is 5.27. The Morgan fingerprint density at radius 1 is 1.42 bits per heavy atom. The maximum Gasteiger partial charge on any atom is 0.128 e. The summed E-state index contributed by atoms with van der Waals surface area (Å²) in [6.45, 7) is 4.23. The van der Waals surface area contributed by atoms with Crippen LogP contribution >= 0.6 is 0 Å². The predicted molar refractivity (Wildman–Crippen MR) is 76.9 cm³/mol. The van der Waals surface area contributed by atoms with Crippen molar-refractivity contribution in [3.63, 3.8) is 0 Å². The Morgan fingerprint density at radius 2 is 2.21 bits per heavy atom. The summed E-state index contributed by atoms with van der Waals surface area (Å²) in [7, 11) is 0. The number of nitrogens with one attached hydrogen (secondary N) is 1. The van der Waals surface area contributed by atoms with Gasteiger partial charge in [0, 0.05) is 5.56 Å². The van der Waals surface area contributed by atoms with Crippen LogP contribution in [0.1, 0.15) is 56.2 Å². The molecule has 1 saturated carbocycles. The van der Waals surface area contributed by atoms with E-state index < -0.39 is 0 Å². The first-order valence-electron chi connectivity index (χ1n) is 7.37. The largest absolute Gasteiger partial charge is 0.271 e. The Labute approximate surface area is 115 Å². The lowest BCUT2D eigenvalue weighted by Gasteiger charge is -2.34. The maximum atomic E-state index is 14.0. The Kier molecular flexibility index (Phi) is 4.94. The Hall–Kier alpha value is -0.930. The fourth-order valence-electron chi connectivity index (χ4n) is 3.39. The number of hydrazine groups is 1. The lowest BCUT2D eigenvalue weighted by atomic mass is 9.75. The highest BCUT2D eigenvalue weighted by Crippen LogP contribution is 2.38. The molecule has 2 rings (SSSR count). The zero-order valence-electron chi connectivity index (χ0n) is 12.0. The molecule has 0 bridgehead atoms. The van der Waals surface area contributed by atoms with Crippen molar-refractivity contribution in [3.05, 3.63) is 35.1 Å². The van der Waals surface area contributed by atoms with E-state index in [-0.39, 0.29) is 11.9 Å². The van der Waals surface area contributed by atoms with E-state index in [0.717, 1.165) is 29.9 Å². The summed E-state index contributed by atoms with van der Waals surface area (Å²) < 4.78 is 14.0. The first-order chi connectivity index (χ1) is 9.15. The molecule has 1 aliphatic carbocycles. The van der Waals surface area contributed by atoms with Crippen molar-refractivity contribution in [3.8, 4) is 0 Å². The van der Waals surface area contributed by atoms with Crippen molar-refractivity contribution in [2.24, 2.45) is 17.7 Å². The van der Waals surface area contributed by atoms with E-state index in [9.17, 15) is 4.39 Å². The lowest BCUT2D eigenvalue weighted by Crippen LogP contribution is -2.36. The van der Waals surface area contributed by atoms with Crippen molar-refractivity contribution in [1.82, 2.24) is 5.43 Å². The quantitative estimate of drug-likeness (QED) is 0.640. The predicted octanol–water partition coefficient (Wildman–Crippen LogP) is 3.85. The number of benzene rings is 1. The van der Waals surface area contributed by atoms with Crippen LogP contribution in [0.2, 0.25) is 0 Å². The summed E-state index contributed by atoms with van der Waals surface area (Å²) in [5.74, 6) is 6.79. The average molecular weight is 264 g/mol. The van der Waals surface area contributed by atoms with Gasteiger partial charge in [0.15, 0.2) is 0 Å². The van der Waals surface area contributed by atoms with Gasteiger partial charge in [0.05, 0.1) is 6.04 Å². The van der Waals surface area contributed by atoms with Crippen molar-refractivity contribution in [1.29, 1.82) is 0 Å². The van der Waals surface area contributed by atoms with Gasteiger partial charge in [-0.15, -0.1) is 0 Å². The lowest BCUT2D eigenvalue weighted by molar-refractivity contribution is 0.207. The minimum Gasteiger partial charge on any atom is -0.271 e. The van der Waals surface area contributed by atoms with Crippen LogP contribution in [0.4, 0.5) is 4.39 Å². The van der Waals surface area contributed by atoms with Crippen LogP contribution in [-0.2, 0) is 0 Å². The van der Waals surface area contributed by atoms with Gasteiger partial charge in [-0.05, 0) is 37.7 Å². The van der Waals surface area contributed by atoms with Gasteiger partial charge in [0.25, 0.3) is 0 Å². The van der Waals surface area contributed by atoms with Gasteiger partial charge in [-0.1, -0.05) is 43.9 Å². The summed E-state index contributed by atoms with van der Waals surface area (Å²) in [6.07, 6.45) is 6.04. The third-order valence-corrected chi connectivity index (χ3v) is 4.54. The zero-order valence-corrected chi connectivity index (χ0v) is 12.0. The Bertz CT molecular complexity index is 419. The number of rotatable bonds is 4. The highest BCUT2D eigenvalue weighted by atomic mass is 19.1. The normalized spacial score (nSPS) is 25.3. The Morgan fingerprint density at radius 3 is 2.89 bits per heavy atom. The highest BCUT2D eigenvalue weighted by Gasteiger charge is 2.29. The van der Waals surface area contributed by atoms with E-state index in [1.165, 1.54) is 19.3 Å². The molecule has 19 heavy (non-hydrogen) atoms. The molecule has 2 nitrogen and oxygen atoms in total. The molecule has 106 valence electrons. The summed E-state index contributed by atoms with van der Waals surface area (Å²) in [5.41, 5.74) is 4.67. The van der Waals surface area contributed by atoms with E-state index in [2.05, 4.69) is 12.3 Å². The molecule has 3 N–H and O–H groups in total. The molecule has 1 aliphatic rings. The van der Waals surface area contributed by atoms with E-state index in [4.69, 9.17) is 5.84 Å². The van der Waals surface area contributed by atoms with Crippen molar-refractivity contribution in [2.75, 3.05) is 0 Å². The molecule has 3 unspecified atom stereocenters. The van der Waals surface area contributed by atoms with Gasteiger partial charge in [-0.3, -0.25) is 11.3 Å². The molecular formula is C16H25FN2. The third-order valence-electron chi connectivity index (χ3n) is 4.54. The molecule has 1 fully saturated rings. The molecule has 1 aromatic carbocycles. The van der Waals surface area contributed by atoms with Gasteiger partial charge in [-0.2, -0.15) is 0 Å². The van der Waals surface area contributed by atoms with Crippen molar-refractivity contribution in [2.45, 2.75) is 52.0 Å². The maximum absolute atomic E-state index is 14.0. The van der Waals surface area contributed by atoms with Gasteiger partial charge in [-0.25, -0.2) is 4.39 Å². The minimum atomic E-state index is -0.146. The zero-order chi connectivity index (χ0) is 13.8. The second-order valence-electron chi connectivity index (χ2n) is 5.87. The number of halogens is 1. The van der Waals surface area contributed by atoms with Gasteiger partial charge in [0.2, 0.25) is 0 Å². The third kappa shape index (κ3) is 3.34. The standard InChI is InChI=1S/C16H25FN2/c1-3-12-5-4-6-13(10-12)16(19-18)14-9-11(2)7-8-15(14)17/h7-9,12-13,16,19H,3-6,10,18H2,1-2H3. The summed E-state index contributed by atoms with van der Waals surface area (Å²) >= 11 is 0. The molecule has 0 amide bonds. The Balaban J connectivity index is 2.21. The van der Waals surface area contributed by atoms with Crippen molar-refractivity contribution < 1.29 is 4.39 Å². The van der Waals surface area contributed by atoms with Crippen LogP contribution in [0.25, 0.3) is 0 Å². The molecule has 0 heterocycles. The van der Waals surface area contributed by atoms with E-state index >= 15 is 0 Å². The molecule has 1 aromatic rings. The van der Waals surface area contributed by atoms with Gasteiger partial charge >= 0.3 is 0 Å². The molecule has 0 saturated heterocycles. The van der Waals surface area contributed by atoms with Crippen LogP contribution in [-0.4, -0.2) is 0 Å². The number of hydrogen-bond acceptors (Lipinski definition) is 2. The SMILES string of the molecule is CCC1CCCC(C(NN)c2cc(C)ccc2F)C1. The minimum absolute atomic E-state index is 0.0609. The summed E-state index contributed by atoms with van der Waals surface area (Å²) in [4.78, 5) is 0. The topological polar surface area (TPSA) is 38.0 Å². The molecule has 3 heteroatoms. The van der Waals surface area contributed by atoms with E-state index in [1.54, 1.807) is 6.07 Å². The number of hydrogen-bond donors (Lipinski definition) is 2. The van der Waals surface area contributed by atoms with Crippen LogP contribution in [0.5, 0.6) is 0 Å².